The highest BCUT2D eigenvalue weighted by atomic mass is 32.1. The van der Waals surface area contributed by atoms with Crippen LogP contribution in [-0.4, -0.2) is 21.0 Å². The Labute approximate surface area is 160 Å². The molecular weight excluding hydrogens is 358 g/mol. The number of carboxylic acids is 1. The molecule has 0 radical (unpaired) electrons. The summed E-state index contributed by atoms with van der Waals surface area (Å²) in [5.74, 6) is 0.391. The lowest BCUT2D eigenvalue weighted by Gasteiger charge is -2.10. The van der Waals surface area contributed by atoms with Crippen molar-refractivity contribution in [2.45, 2.75) is 13.8 Å². The fourth-order valence-electron chi connectivity index (χ4n) is 3.13. The van der Waals surface area contributed by atoms with Crippen molar-refractivity contribution >= 4 is 39.0 Å². The van der Waals surface area contributed by atoms with Crippen LogP contribution in [0.4, 0.5) is 11.5 Å². The first kappa shape index (κ1) is 17.2. The summed E-state index contributed by atoms with van der Waals surface area (Å²) in [6, 6.07) is 16.9. The first-order valence-electron chi connectivity index (χ1n) is 8.46. The molecule has 5 nitrogen and oxygen atoms in total. The molecule has 0 spiro atoms. The molecule has 0 atom stereocenters. The lowest BCUT2D eigenvalue weighted by Crippen LogP contribution is -2.01. The highest BCUT2D eigenvalue weighted by molar-refractivity contribution is 7.19. The van der Waals surface area contributed by atoms with Gasteiger partial charge in [-0.1, -0.05) is 36.4 Å². The quantitative estimate of drug-likeness (QED) is 0.498. The Bertz CT molecular complexity index is 1150. The summed E-state index contributed by atoms with van der Waals surface area (Å²) < 4.78 is 0. The number of hydrogen-bond acceptors (Lipinski definition) is 5. The van der Waals surface area contributed by atoms with E-state index in [-0.39, 0.29) is 5.56 Å². The molecule has 0 aliphatic heterocycles. The second kappa shape index (κ2) is 6.81. The van der Waals surface area contributed by atoms with E-state index in [9.17, 15) is 9.90 Å². The number of aryl methyl sites for hydroxylation is 2. The van der Waals surface area contributed by atoms with E-state index in [0.29, 0.717) is 17.3 Å². The normalized spacial score (nSPS) is 10.9. The van der Waals surface area contributed by atoms with Gasteiger partial charge in [-0.25, -0.2) is 14.8 Å². The fourth-order valence-corrected chi connectivity index (χ4v) is 4.22. The average Bonchev–Trinajstić information content (AvgIpc) is 2.98. The van der Waals surface area contributed by atoms with Crippen LogP contribution >= 0.6 is 11.3 Å². The Morgan fingerprint density at radius 3 is 2.56 bits per heavy atom. The molecule has 0 aliphatic rings. The van der Waals surface area contributed by atoms with Gasteiger partial charge < -0.3 is 10.4 Å². The molecule has 0 aliphatic carbocycles. The predicted octanol–water partition coefficient (Wildman–Crippen LogP) is 5.42. The van der Waals surface area contributed by atoms with Crippen LogP contribution in [0.2, 0.25) is 0 Å². The van der Waals surface area contributed by atoms with Gasteiger partial charge >= 0.3 is 5.97 Å². The Morgan fingerprint density at radius 2 is 1.81 bits per heavy atom. The maximum Gasteiger partial charge on any atom is 0.335 e. The van der Waals surface area contributed by atoms with Gasteiger partial charge in [-0.3, -0.25) is 0 Å². The zero-order chi connectivity index (χ0) is 19.0. The van der Waals surface area contributed by atoms with Crippen LogP contribution in [-0.2, 0) is 0 Å². The number of aromatic carboxylic acids is 1. The molecule has 2 heterocycles. The van der Waals surface area contributed by atoms with Crippen molar-refractivity contribution in [1.82, 2.24) is 9.97 Å². The van der Waals surface area contributed by atoms with Crippen LogP contribution in [0.1, 0.15) is 21.1 Å². The Kier molecular flexibility index (Phi) is 4.33. The SMILES string of the molecule is Cc1nc(Nc2cccc(C(=O)O)c2)c2c(-c3ccccc3)c(C)sc2n1. The Morgan fingerprint density at radius 1 is 1.04 bits per heavy atom. The first-order chi connectivity index (χ1) is 13.0. The maximum atomic E-state index is 11.3. The molecule has 4 rings (SSSR count). The number of aromatic nitrogens is 2. The van der Waals surface area contributed by atoms with Gasteiger partial charge in [0.05, 0.1) is 10.9 Å². The topological polar surface area (TPSA) is 75.1 Å². The molecule has 27 heavy (non-hydrogen) atoms. The molecule has 0 amide bonds. The predicted molar refractivity (Wildman–Crippen MR) is 109 cm³/mol. The van der Waals surface area contributed by atoms with Gasteiger partial charge in [-0.2, -0.15) is 0 Å². The molecular formula is C21H17N3O2S. The standard InChI is InChI=1S/C21H17N3O2S/c1-12-17(14-7-4-3-5-8-14)18-19(22-13(2)23-20(18)27-12)24-16-10-6-9-15(11-16)21(25)26/h3-11H,1-2H3,(H,25,26)(H,22,23,24). The number of carbonyl (C=O) groups is 1. The van der Waals surface area contributed by atoms with Crippen LogP contribution in [0, 0.1) is 13.8 Å². The van der Waals surface area contributed by atoms with E-state index in [0.717, 1.165) is 21.3 Å². The largest absolute Gasteiger partial charge is 0.478 e. The number of carboxylic acid groups (broad SMARTS) is 1. The van der Waals surface area contributed by atoms with Crippen LogP contribution in [0.15, 0.2) is 54.6 Å². The summed E-state index contributed by atoms with van der Waals surface area (Å²) in [5.41, 5.74) is 3.12. The third kappa shape index (κ3) is 3.27. The summed E-state index contributed by atoms with van der Waals surface area (Å²) in [7, 11) is 0. The van der Waals surface area contributed by atoms with E-state index in [1.165, 1.54) is 4.88 Å². The van der Waals surface area contributed by atoms with E-state index in [4.69, 9.17) is 0 Å². The summed E-state index contributed by atoms with van der Waals surface area (Å²) in [4.78, 5) is 22.6. The van der Waals surface area contributed by atoms with E-state index in [1.54, 1.807) is 29.5 Å². The van der Waals surface area contributed by atoms with Gasteiger partial charge in [0.25, 0.3) is 0 Å². The third-order valence-electron chi connectivity index (χ3n) is 4.27. The highest BCUT2D eigenvalue weighted by Crippen LogP contribution is 2.41. The van der Waals surface area contributed by atoms with Crippen molar-refractivity contribution in [1.29, 1.82) is 0 Å². The summed E-state index contributed by atoms with van der Waals surface area (Å²) in [6.45, 7) is 3.94. The second-order valence-electron chi connectivity index (χ2n) is 6.21. The number of rotatable bonds is 4. The van der Waals surface area contributed by atoms with E-state index < -0.39 is 5.97 Å². The van der Waals surface area contributed by atoms with Crippen LogP contribution in [0.5, 0.6) is 0 Å². The number of anilines is 2. The molecule has 0 saturated carbocycles. The van der Waals surface area contributed by atoms with Crippen LogP contribution in [0.25, 0.3) is 21.3 Å². The molecule has 0 fully saturated rings. The van der Waals surface area contributed by atoms with Crippen molar-refractivity contribution in [3.8, 4) is 11.1 Å². The lowest BCUT2D eigenvalue weighted by atomic mass is 10.0. The first-order valence-corrected chi connectivity index (χ1v) is 9.28. The number of fused-ring (bicyclic) bond motifs is 1. The average molecular weight is 375 g/mol. The zero-order valence-corrected chi connectivity index (χ0v) is 15.7. The molecule has 2 aromatic heterocycles. The minimum Gasteiger partial charge on any atom is -0.478 e. The Hall–Kier alpha value is -3.25. The minimum atomic E-state index is -0.959. The number of nitrogens with one attached hydrogen (secondary N) is 1. The monoisotopic (exact) mass is 375 g/mol. The van der Waals surface area contributed by atoms with E-state index in [2.05, 4.69) is 34.3 Å². The van der Waals surface area contributed by atoms with Gasteiger partial charge in [-0.15, -0.1) is 11.3 Å². The van der Waals surface area contributed by atoms with Gasteiger partial charge in [0, 0.05) is 16.1 Å². The molecule has 0 unspecified atom stereocenters. The maximum absolute atomic E-state index is 11.3. The smallest absolute Gasteiger partial charge is 0.335 e. The van der Waals surface area contributed by atoms with Crippen LogP contribution < -0.4 is 5.32 Å². The fraction of sp³-hybridized carbons (Fsp3) is 0.0952. The van der Waals surface area contributed by atoms with Crippen molar-refractivity contribution in [3.63, 3.8) is 0 Å². The summed E-state index contributed by atoms with van der Waals surface area (Å²) in [6.07, 6.45) is 0. The van der Waals surface area contributed by atoms with Gasteiger partial charge in [0.1, 0.15) is 16.5 Å². The molecule has 0 saturated heterocycles. The number of nitrogens with zero attached hydrogens (tertiary/aromatic N) is 2. The van der Waals surface area contributed by atoms with Gasteiger partial charge in [0.2, 0.25) is 0 Å². The van der Waals surface area contributed by atoms with Crippen LogP contribution in [0.3, 0.4) is 0 Å². The Balaban J connectivity index is 1.90. The summed E-state index contributed by atoms with van der Waals surface area (Å²) in [5, 5.41) is 13.5. The molecule has 2 N–H and O–H groups in total. The van der Waals surface area contributed by atoms with Crippen molar-refractivity contribution in [2.24, 2.45) is 0 Å². The third-order valence-corrected chi connectivity index (χ3v) is 5.27. The second-order valence-corrected chi connectivity index (χ2v) is 7.41. The molecule has 2 aromatic carbocycles. The van der Waals surface area contributed by atoms with Gasteiger partial charge in [0.15, 0.2) is 0 Å². The van der Waals surface area contributed by atoms with E-state index in [1.807, 2.05) is 31.2 Å². The lowest BCUT2D eigenvalue weighted by molar-refractivity contribution is 0.0697. The molecule has 0 bridgehead atoms. The summed E-state index contributed by atoms with van der Waals surface area (Å²) >= 11 is 1.64. The number of thiophene rings is 1. The number of hydrogen-bond donors (Lipinski definition) is 2. The number of benzene rings is 2. The highest BCUT2D eigenvalue weighted by Gasteiger charge is 2.18. The van der Waals surface area contributed by atoms with Gasteiger partial charge in [-0.05, 0) is 37.6 Å². The van der Waals surface area contributed by atoms with E-state index >= 15 is 0 Å². The molecule has 134 valence electrons. The van der Waals surface area contributed by atoms with Crippen molar-refractivity contribution in [2.75, 3.05) is 5.32 Å². The molecule has 6 heteroatoms. The zero-order valence-electron chi connectivity index (χ0n) is 14.9. The molecule has 4 aromatic rings. The van der Waals surface area contributed by atoms with Crippen molar-refractivity contribution < 1.29 is 9.90 Å². The minimum absolute atomic E-state index is 0.229. The van der Waals surface area contributed by atoms with Crippen molar-refractivity contribution in [3.05, 3.63) is 70.9 Å².